The second kappa shape index (κ2) is 14.1. The van der Waals surface area contributed by atoms with E-state index in [4.69, 9.17) is 5.26 Å². The van der Waals surface area contributed by atoms with Crippen LogP contribution in [0.1, 0.15) is 103 Å². The van der Waals surface area contributed by atoms with Crippen LogP contribution in [0.3, 0.4) is 0 Å². The van der Waals surface area contributed by atoms with Gasteiger partial charge in [0.25, 0.3) is 5.56 Å². The number of hydrogen-bond donors (Lipinski definition) is 2. The first-order valence-electron chi connectivity index (χ1n) is 10.7. The van der Waals surface area contributed by atoms with Crippen LogP contribution in [-0.4, -0.2) is 14.8 Å². The SMILES string of the molecule is CCCCCCCCCCCCCCCCn1c(C#N)c(O)c(O)cc1=O. The van der Waals surface area contributed by atoms with Crippen LogP contribution in [0, 0.1) is 11.3 Å². The molecule has 5 nitrogen and oxygen atoms in total. The molecule has 1 heterocycles. The maximum absolute atomic E-state index is 11.9. The molecule has 152 valence electrons. The zero-order chi connectivity index (χ0) is 19.9. The first kappa shape index (κ1) is 23.1. The third-order valence-electron chi connectivity index (χ3n) is 5.10. The van der Waals surface area contributed by atoms with Gasteiger partial charge < -0.3 is 10.2 Å². The Morgan fingerprint density at radius 2 is 1.30 bits per heavy atom. The highest BCUT2D eigenvalue weighted by molar-refractivity contribution is 5.46. The largest absolute Gasteiger partial charge is 0.504 e. The summed E-state index contributed by atoms with van der Waals surface area (Å²) in [4.78, 5) is 11.9. The Hall–Kier alpha value is -1.96. The summed E-state index contributed by atoms with van der Waals surface area (Å²) < 4.78 is 1.25. The summed E-state index contributed by atoms with van der Waals surface area (Å²) >= 11 is 0. The predicted octanol–water partition coefficient (Wildman–Crippen LogP) is 5.61. The summed E-state index contributed by atoms with van der Waals surface area (Å²) in [5, 5.41) is 28.2. The summed E-state index contributed by atoms with van der Waals surface area (Å²) in [7, 11) is 0. The lowest BCUT2D eigenvalue weighted by molar-refractivity contribution is 0.392. The number of hydrogen-bond acceptors (Lipinski definition) is 4. The van der Waals surface area contributed by atoms with Gasteiger partial charge in [0, 0.05) is 12.6 Å². The molecule has 1 aromatic rings. The minimum atomic E-state index is -0.534. The van der Waals surface area contributed by atoms with Crippen molar-refractivity contribution >= 4 is 0 Å². The van der Waals surface area contributed by atoms with Gasteiger partial charge in [0.1, 0.15) is 6.07 Å². The van der Waals surface area contributed by atoms with Gasteiger partial charge >= 0.3 is 0 Å². The van der Waals surface area contributed by atoms with Crippen LogP contribution >= 0.6 is 0 Å². The average molecular weight is 377 g/mol. The van der Waals surface area contributed by atoms with E-state index in [1.807, 2.05) is 0 Å². The number of rotatable bonds is 15. The normalized spacial score (nSPS) is 10.8. The molecule has 0 radical (unpaired) electrons. The standard InChI is InChI=1S/C22H36N2O3/c1-2-3-4-5-6-7-8-9-10-11-12-13-14-15-16-24-19(18-23)22(27)20(25)17-21(24)26/h17,25,27H,2-16H2,1H3. The zero-order valence-corrected chi connectivity index (χ0v) is 16.9. The molecule has 0 fully saturated rings. The molecule has 0 saturated heterocycles. The van der Waals surface area contributed by atoms with Crippen LogP contribution in [0.5, 0.6) is 11.5 Å². The van der Waals surface area contributed by atoms with Crippen molar-refractivity contribution in [1.82, 2.24) is 4.57 Å². The first-order valence-corrected chi connectivity index (χ1v) is 10.7. The molecule has 0 unspecified atom stereocenters. The minimum Gasteiger partial charge on any atom is -0.504 e. The van der Waals surface area contributed by atoms with Crippen molar-refractivity contribution in [2.45, 2.75) is 103 Å². The van der Waals surface area contributed by atoms with Crippen molar-refractivity contribution in [2.24, 2.45) is 0 Å². The fourth-order valence-electron chi connectivity index (χ4n) is 3.42. The molecular formula is C22H36N2O3. The molecule has 1 aromatic heterocycles. The van der Waals surface area contributed by atoms with Gasteiger partial charge in [0.15, 0.2) is 17.2 Å². The molecule has 1 rings (SSSR count). The van der Waals surface area contributed by atoms with Crippen LogP contribution in [0.15, 0.2) is 10.9 Å². The number of unbranched alkanes of at least 4 members (excludes halogenated alkanes) is 13. The van der Waals surface area contributed by atoms with Gasteiger partial charge in [0.05, 0.1) is 0 Å². The zero-order valence-electron chi connectivity index (χ0n) is 16.9. The maximum Gasteiger partial charge on any atom is 0.255 e. The van der Waals surface area contributed by atoms with Crippen LogP contribution in [0.4, 0.5) is 0 Å². The highest BCUT2D eigenvalue weighted by Gasteiger charge is 2.13. The van der Waals surface area contributed by atoms with Crippen molar-refractivity contribution < 1.29 is 10.2 Å². The smallest absolute Gasteiger partial charge is 0.255 e. The van der Waals surface area contributed by atoms with Gasteiger partial charge in [-0.05, 0) is 6.42 Å². The monoisotopic (exact) mass is 376 g/mol. The molecule has 27 heavy (non-hydrogen) atoms. The molecule has 0 bridgehead atoms. The first-order chi connectivity index (χ1) is 13.1. The number of nitriles is 1. The van der Waals surface area contributed by atoms with Crippen LogP contribution in [-0.2, 0) is 6.54 Å². The van der Waals surface area contributed by atoms with Gasteiger partial charge in [-0.2, -0.15) is 5.26 Å². The molecule has 0 saturated carbocycles. The fourth-order valence-corrected chi connectivity index (χ4v) is 3.42. The van der Waals surface area contributed by atoms with Gasteiger partial charge in [-0.3, -0.25) is 9.36 Å². The lowest BCUT2D eigenvalue weighted by Crippen LogP contribution is -2.21. The summed E-state index contributed by atoms with van der Waals surface area (Å²) in [5.41, 5.74) is -0.605. The van der Waals surface area contributed by atoms with E-state index in [1.54, 1.807) is 6.07 Å². The van der Waals surface area contributed by atoms with Crippen molar-refractivity contribution in [1.29, 1.82) is 5.26 Å². The van der Waals surface area contributed by atoms with Crippen molar-refractivity contribution in [3.05, 3.63) is 22.1 Å². The van der Waals surface area contributed by atoms with E-state index >= 15 is 0 Å². The van der Waals surface area contributed by atoms with Gasteiger partial charge in [-0.15, -0.1) is 0 Å². The van der Waals surface area contributed by atoms with Crippen molar-refractivity contribution in [2.75, 3.05) is 0 Å². The van der Waals surface area contributed by atoms with Crippen molar-refractivity contribution in [3.63, 3.8) is 0 Å². The summed E-state index contributed by atoms with van der Waals surface area (Å²) in [6.45, 7) is 2.65. The number of aromatic hydroxyl groups is 2. The fraction of sp³-hybridized carbons (Fsp3) is 0.727. The lowest BCUT2D eigenvalue weighted by atomic mass is 10.0. The Labute approximate surface area is 163 Å². The summed E-state index contributed by atoms with van der Waals surface area (Å²) in [6.07, 6.45) is 17.6. The van der Waals surface area contributed by atoms with Gasteiger partial charge in [0.2, 0.25) is 0 Å². The topological polar surface area (TPSA) is 86.2 Å². The Balaban J connectivity index is 2.07. The lowest BCUT2D eigenvalue weighted by Gasteiger charge is -2.10. The van der Waals surface area contributed by atoms with Crippen molar-refractivity contribution in [3.8, 4) is 17.6 Å². The minimum absolute atomic E-state index is 0.158. The van der Waals surface area contributed by atoms with E-state index in [0.717, 1.165) is 25.3 Å². The van der Waals surface area contributed by atoms with Gasteiger partial charge in [-0.1, -0.05) is 90.4 Å². The maximum atomic E-state index is 11.9. The molecule has 0 aliphatic rings. The third kappa shape index (κ3) is 8.99. The second-order valence-corrected chi connectivity index (χ2v) is 7.42. The molecule has 5 heteroatoms. The summed E-state index contributed by atoms with van der Waals surface area (Å²) in [6, 6.07) is 2.76. The highest BCUT2D eigenvalue weighted by atomic mass is 16.3. The molecule has 0 aromatic carbocycles. The highest BCUT2D eigenvalue weighted by Crippen LogP contribution is 2.26. The van der Waals surface area contributed by atoms with Crippen LogP contribution < -0.4 is 5.56 Å². The Morgan fingerprint density at radius 3 is 1.74 bits per heavy atom. The molecule has 0 amide bonds. The van der Waals surface area contributed by atoms with E-state index in [1.165, 1.54) is 75.2 Å². The molecule has 0 spiro atoms. The number of nitrogens with zero attached hydrogens (tertiary/aromatic N) is 2. The Kier molecular flexibility index (Phi) is 12.1. The number of pyridine rings is 1. The number of aromatic nitrogens is 1. The van der Waals surface area contributed by atoms with E-state index in [2.05, 4.69) is 6.92 Å². The van der Waals surface area contributed by atoms with Gasteiger partial charge in [-0.25, -0.2) is 0 Å². The molecular weight excluding hydrogens is 340 g/mol. The Bertz CT molecular complexity index is 632. The Morgan fingerprint density at radius 1 is 0.852 bits per heavy atom. The summed E-state index contributed by atoms with van der Waals surface area (Å²) in [5.74, 6) is -1.05. The van der Waals surface area contributed by atoms with E-state index < -0.39 is 17.1 Å². The van der Waals surface area contributed by atoms with Crippen LogP contribution in [0.25, 0.3) is 0 Å². The second-order valence-electron chi connectivity index (χ2n) is 7.42. The predicted molar refractivity (Wildman–Crippen MR) is 109 cm³/mol. The quantitative estimate of drug-likeness (QED) is 0.389. The molecule has 0 aliphatic carbocycles. The average Bonchev–Trinajstić information content (AvgIpc) is 2.66. The molecule has 0 aliphatic heterocycles. The third-order valence-corrected chi connectivity index (χ3v) is 5.10. The molecule has 2 N–H and O–H groups in total. The van der Waals surface area contributed by atoms with E-state index in [0.29, 0.717) is 6.54 Å². The van der Waals surface area contributed by atoms with E-state index in [-0.39, 0.29) is 5.69 Å². The van der Waals surface area contributed by atoms with E-state index in [9.17, 15) is 15.0 Å². The molecule has 0 atom stereocenters. The van der Waals surface area contributed by atoms with Crippen LogP contribution in [0.2, 0.25) is 0 Å².